The van der Waals surface area contributed by atoms with Crippen molar-refractivity contribution >= 4 is 26.8 Å². The van der Waals surface area contributed by atoms with Crippen molar-refractivity contribution in [2.45, 2.75) is 0 Å². The van der Waals surface area contributed by atoms with Crippen LogP contribution in [-0.2, 0) is 0 Å². The predicted molar refractivity (Wildman–Crippen MR) is 54.6 cm³/mol. The second-order valence-electron chi connectivity index (χ2n) is 2.73. The summed E-state index contributed by atoms with van der Waals surface area (Å²) in [5.74, 6) is 0. The first kappa shape index (κ1) is 8.11. The molecular formula is C11H9Tl. The molecule has 0 saturated heterocycles. The molecule has 0 nitrogen and oxygen atoms in total. The summed E-state index contributed by atoms with van der Waals surface area (Å²) >= 11 is -0.718. The number of hydrogen-bond donors (Lipinski definition) is 0. The number of allylic oxidation sites excluding steroid dienone is 3. The Labute approximate surface area is 84.3 Å². The van der Waals surface area contributed by atoms with Gasteiger partial charge in [-0.1, -0.05) is 0 Å². The molecule has 1 heterocycles. The van der Waals surface area contributed by atoms with Gasteiger partial charge in [-0.3, -0.25) is 0 Å². The zero-order chi connectivity index (χ0) is 8.23. The van der Waals surface area contributed by atoms with Gasteiger partial charge in [-0.15, -0.1) is 0 Å². The van der Waals surface area contributed by atoms with E-state index in [9.17, 15) is 0 Å². The Morgan fingerprint density at radius 3 is 2.42 bits per heavy atom. The number of benzene rings is 1. The van der Waals surface area contributed by atoms with Gasteiger partial charge < -0.3 is 0 Å². The minimum absolute atomic E-state index is 0.718. The Balaban J connectivity index is 2.38. The SMILES string of the molecule is C1=[CH][Tl]=[C](c2ccccc2)C=C1. The third-order valence-electron chi connectivity index (χ3n) is 1.88. The zero-order valence-corrected chi connectivity index (χ0v) is 11.3. The van der Waals surface area contributed by atoms with Crippen molar-refractivity contribution in [3.8, 4) is 0 Å². The van der Waals surface area contributed by atoms with Gasteiger partial charge in [0.2, 0.25) is 0 Å². The Kier molecular flexibility index (Phi) is 2.66. The fourth-order valence-electron chi connectivity index (χ4n) is 1.26. The van der Waals surface area contributed by atoms with Crippen molar-refractivity contribution in [2.75, 3.05) is 0 Å². The van der Waals surface area contributed by atoms with Gasteiger partial charge in [-0.25, -0.2) is 0 Å². The van der Waals surface area contributed by atoms with Crippen LogP contribution in [0, 0.1) is 0 Å². The van der Waals surface area contributed by atoms with E-state index in [-0.39, 0.29) is 0 Å². The Bertz CT molecular complexity index is 345. The second kappa shape index (κ2) is 3.94. The Morgan fingerprint density at radius 2 is 1.75 bits per heavy atom. The van der Waals surface area contributed by atoms with Crippen LogP contribution in [-0.4, -0.2) is 26.8 Å². The van der Waals surface area contributed by atoms with Crippen molar-refractivity contribution in [2.24, 2.45) is 0 Å². The van der Waals surface area contributed by atoms with Gasteiger partial charge in [0, 0.05) is 0 Å². The molecule has 1 aromatic rings. The van der Waals surface area contributed by atoms with E-state index in [1.54, 1.807) is 3.06 Å². The molecule has 0 unspecified atom stereocenters. The zero-order valence-electron chi connectivity index (χ0n) is 6.77. The maximum absolute atomic E-state index is 2.39. The summed E-state index contributed by atoms with van der Waals surface area (Å²) in [5.41, 5.74) is 1.42. The molecule has 1 aromatic carbocycles. The second-order valence-corrected chi connectivity index (χ2v) is 7.94. The fraction of sp³-hybridized carbons (Fsp3) is 0. The van der Waals surface area contributed by atoms with E-state index in [0.29, 0.717) is 0 Å². The van der Waals surface area contributed by atoms with E-state index >= 15 is 0 Å². The van der Waals surface area contributed by atoms with Crippen molar-refractivity contribution in [1.29, 1.82) is 0 Å². The van der Waals surface area contributed by atoms with E-state index in [1.165, 1.54) is 5.56 Å². The van der Waals surface area contributed by atoms with E-state index in [4.69, 9.17) is 0 Å². The number of rotatable bonds is 1. The molecule has 0 atom stereocenters. The van der Waals surface area contributed by atoms with Gasteiger partial charge in [0.15, 0.2) is 0 Å². The van der Waals surface area contributed by atoms with Gasteiger partial charge in [0.25, 0.3) is 0 Å². The van der Waals surface area contributed by atoms with Crippen LogP contribution in [0.1, 0.15) is 5.56 Å². The van der Waals surface area contributed by atoms with Crippen molar-refractivity contribution < 1.29 is 0 Å². The van der Waals surface area contributed by atoms with Crippen LogP contribution in [0.5, 0.6) is 0 Å². The van der Waals surface area contributed by atoms with Crippen molar-refractivity contribution in [3.63, 3.8) is 0 Å². The molecule has 2 rings (SSSR count). The van der Waals surface area contributed by atoms with E-state index in [2.05, 4.69) is 52.2 Å². The first-order valence-electron chi connectivity index (χ1n) is 4.07. The molecule has 0 radical (unpaired) electrons. The Hall–Kier alpha value is -0.508. The minimum atomic E-state index is -0.718. The molecular weight excluding hydrogens is 337 g/mol. The first-order valence-corrected chi connectivity index (χ1v) is 8.91. The van der Waals surface area contributed by atoms with Gasteiger partial charge in [-0.05, 0) is 0 Å². The normalized spacial score (nSPS) is 13.8. The molecule has 0 aliphatic carbocycles. The van der Waals surface area contributed by atoms with Gasteiger partial charge >= 0.3 is 84.6 Å². The van der Waals surface area contributed by atoms with Crippen molar-refractivity contribution in [1.82, 2.24) is 0 Å². The van der Waals surface area contributed by atoms with E-state index in [1.807, 2.05) is 0 Å². The third-order valence-corrected chi connectivity index (χ3v) is 6.93. The third kappa shape index (κ3) is 1.80. The molecule has 0 bridgehead atoms. The van der Waals surface area contributed by atoms with Gasteiger partial charge in [-0.2, -0.15) is 0 Å². The van der Waals surface area contributed by atoms with Crippen LogP contribution in [0.3, 0.4) is 0 Å². The standard InChI is InChI=1S/C11H9.Tl/c1-2-3-5-8-11-9-6-4-7-10-11;/h1-7,9-10H;. The molecule has 1 aliphatic rings. The topological polar surface area (TPSA) is 0 Å². The summed E-state index contributed by atoms with van der Waals surface area (Å²) in [6, 6.07) is 10.7. The summed E-state index contributed by atoms with van der Waals surface area (Å²) in [5, 5.41) is 0. The first-order chi connectivity index (χ1) is 5.97. The van der Waals surface area contributed by atoms with E-state index < -0.39 is 23.7 Å². The molecule has 0 spiro atoms. The molecule has 1 heteroatoms. The summed E-state index contributed by atoms with van der Waals surface area (Å²) in [6.07, 6.45) is 6.59. The maximum atomic E-state index is 2.39. The fourth-order valence-corrected chi connectivity index (χ4v) is 5.36. The van der Waals surface area contributed by atoms with Crippen LogP contribution in [0.2, 0.25) is 0 Å². The molecule has 0 N–H and O–H groups in total. The summed E-state index contributed by atoms with van der Waals surface area (Å²) in [4.78, 5) is 0. The summed E-state index contributed by atoms with van der Waals surface area (Å²) < 4.78 is 4.00. The van der Waals surface area contributed by atoms with Crippen LogP contribution < -0.4 is 0 Å². The molecule has 1 aliphatic heterocycles. The van der Waals surface area contributed by atoms with E-state index in [0.717, 1.165) is 0 Å². The van der Waals surface area contributed by atoms with Gasteiger partial charge in [0.1, 0.15) is 0 Å². The predicted octanol–water partition coefficient (Wildman–Crippen LogP) is 1.99. The summed E-state index contributed by atoms with van der Waals surface area (Å²) in [6.45, 7) is 0. The molecule has 0 amide bonds. The molecule has 0 fully saturated rings. The average Bonchev–Trinajstić information content (AvgIpc) is 2.21. The molecule has 0 aromatic heterocycles. The number of hydrogen-bond acceptors (Lipinski definition) is 0. The average molecular weight is 346 g/mol. The van der Waals surface area contributed by atoms with Crippen LogP contribution in [0.25, 0.3) is 0 Å². The summed E-state index contributed by atoms with van der Waals surface area (Å²) in [7, 11) is 0. The van der Waals surface area contributed by atoms with Crippen molar-refractivity contribution in [3.05, 3.63) is 57.8 Å². The quantitative estimate of drug-likeness (QED) is 0.683. The van der Waals surface area contributed by atoms with Gasteiger partial charge in [0.05, 0.1) is 0 Å². The van der Waals surface area contributed by atoms with Crippen LogP contribution >= 0.6 is 0 Å². The molecule has 56 valence electrons. The monoisotopic (exact) mass is 346 g/mol. The van der Waals surface area contributed by atoms with Crippen LogP contribution in [0.15, 0.2) is 52.2 Å². The van der Waals surface area contributed by atoms with Crippen LogP contribution in [0.4, 0.5) is 0 Å². The Morgan fingerprint density at radius 1 is 0.917 bits per heavy atom. The molecule has 12 heavy (non-hydrogen) atoms. The molecule has 0 saturated carbocycles.